The summed E-state index contributed by atoms with van der Waals surface area (Å²) >= 11 is 1.56. The minimum atomic E-state index is -0.691. The zero-order valence-electron chi connectivity index (χ0n) is 14.8. The molecular weight excluding hydrogens is 370 g/mol. The lowest BCUT2D eigenvalue weighted by Crippen LogP contribution is -2.27. The van der Waals surface area contributed by atoms with E-state index in [4.69, 9.17) is 4.74 Å². The molecule has 0 aliphatic heterocycles. The van der Waals surface area contributed by atoms with Crippen LogP contribution in [0.15, 0.2) is 47.8 Å². The van der Waals surface area contributed by atoms with Crippen molar-refractivity contribution in [3.63, 3.8) is 0 Å². The van der Waals surface area contributed by atoms with E-state index in [2.05, 4.69) is 10.3 Å². The van der Waals surface area contributed by atoms with Gasteiger partial charge >= 0.3 is 0 Å². The van der Waals surface area contributed by atoms with Crippen LogP contribution in [0.1, 0.15) is 39.6 Å². The Hall–Kier alpha value is -2.80. The molecule has 27 heavy (non-hydrogen) atoms. The SMILES string of the molecule is Cc1nc(COc2ccc(C(=O)NC(C)c3ccc(F)cc3F)cc2)cs1. The second kappa shape index (κ2) is 8.26. The maximum absolute atomic E-state index is 13.8. The largest absolute Gasteiger partial charge is 0.487 e. The van der Waals surface area contributed by atoms with E-state index in [0.717, 1.165) is 22.8 Å². The molecule has 0 saturated heterocycles. The smallest absolute Gasteiger partial charge is 0.251 e. The van der Waals surface area contributed by atoms with Crippen LogP contribution in [0.25, 0.3) is 0 Å². The Morgan fingerprint density at radius 1 is 1.22 bits per heavy atom. The molecule has 0 spiro atoms. The lowest BCUT2D eigenvalue weighted by atomic mass is 10.1. The van der Waals surface area contributed by atoms with Crippen LogP contribution in [-0.2, 0) is 6.61 Å². The first kappa shape index (κ1) is 19.0. The zero-order valence-corrected chi connectivity index (χ0v) is 15.6. The van der Waals surface area contributed by atoms with Crippen molar-refractivity contribution in [1.29, 1.82) is 0 Å². The van der Waals surface area contributed by atoms with Crippen molar-refractivity contribution in [3.05, 3.63) is 81.3 Å². The van der Waals surface area contributed by atoms with E-state index in [1.807, 2.05) is 12.3 Å². The predicted octanol–water partition coefficient (Wildman–Crippen LogP) is 4.80. The summed E-state index contributed by atoms with van der Waals surface area (Å²) in [5, 5.41) is 5.62. The van der Waals surface area contributed by atoms with Gasteiger partial charge in [0.05, 0.1) is 16.7 Å². The van der Waals surface area contributed by atoms with Crippen molar-refractivity contribution >= 4 is 17.2 Å². The Balaban J connectivity index is 1.59. The van der Waals surface area contributed by atoms with Gasteiger partial charge < -0.3 is 10.1 Å². The summed E-state index contributed by atoms with van der Waals surface area (Å²) in [6, 6.07) is 9.34. The summed E-state index contributed by atoms with van der Waals surface area (Å²) in [6.45, 7) is 3.93. The number of aryl methyl sites for hydroxylation is 1. The maximum atomic E-state index is 13.8. The molecule has 2 aromatic carbocycles. The maximum Gasteiger partial charge on any atom is 0.251 e. The van der Waals surface area contributed by atoms with E-state index in [1.54, 1.807) is 42.5 Å². The number of hydrogen-bond acceptors (Lipinski definition) is 4. The van der Waals surface area contributed by atoms with Gasteiger partial charge in [-0.05, 0) is 44.2 Å². The quantitative estimate of drug-likeness (QED) is 0.660. The number of nitrogens with zero attached hydrogens (tertiary/aromatic N) is 1. The molecule has 1 N–H and O–H groups in total. The fourth-order valence-corrected chi connectivity index (χ4v) is 3.14. The summed E-state index contributed by atoms with van der Waals surface area (Å²) in [6.07, 6.45) is 0. The molecule has 0 radical (unpaired) electrons. The third-order valence-corrected chi connectivity index (χ3v) is 4.77. The van der Waals surface area contributed by atoms with Crippen LogP contribution < -0.4 is 10.1 Å². The number of hydrogen-bond donors (Lipinski definition) is 1. The highest BCUT2D eigenvalue weighted by molar-refractivity contribution is 7.09. The van der Waals surface area contributed by atoms with Gasteiger partial charge in [-0.2, -0.15) is 0 Å². The molecule has 1 aromatic heterocycles. The molecule has 0 saturated carbocycles. The fourth-order valence-electron chi connectivity index (χ4n) is 2.54. The van der Waals surface area contributed by atoms with Gasteiger partial charge in [-0.1, -0.05) is 6.07 Å². The average Bonchev–Trinajstić information content (AvgIpc) is 3.05. The number of carbonyl (C=O) groups is 1. The van der Waals surface area contributed by atoms with Gasteiger partial charge in [-0.25, -0.2) is 13.8 Å². The highest BCUT2D eigenvalue weighted by atomic mass is 32.1. The molecule has 1 heterocycles. The summed E-state index contributed by atoms with van der Waals surface area (Å²) in [4.78, 5) is 16.7. The number of amides is 1. The van der Waals surface area contributed by atoms with E-state index >= 15 is 0 Å². The van der Waals surface area contributed by atoms with Gasteiger partial charge in [0.1, 0.15) is 24.0 Å². The number of aromatic nitrogens is 1. The van der Waals surface area contributed by atoms with Gasteiger partial charge in [0.2, 0.25) is 0 Å². The molecule has 1 amide bonds. The van der Waals surface area contributed by atoms with Crippen molar-refractivity contribution in [2.75, 3.05) is 0 Å². The number of thiazole rings is 1. The van der Waals surface area contributed by atoms with Crippen molar-refractivity contribution in [3.8, 4) is 5.75 Å². The summed E-state index contributed by atoms with van der Waals surface area (Å²) in [5.74, 6) is -1.08. The van der Waals surface area contributed by atoms with Crippen LogP contribution >= 0.6 is 11.3 Å². The standard InChI is InChI=1S/C20H18F2N2O2S/c1-12(18-8-5-15(21)9-19(18)22)23-20(25)14-3-6-17(7-4-14)26-10-16-11-27-13(2)24-16/h3-9,11-12H,10H2,1-2H3,(H,23,25). The van der Waals surface area contributed by atoms with Crippen LogP contribution in [0.2, 0.25) is 0 Å². The highest BCUT2D eigenvalue weighted by Crippen LogP contribution is 2.19. The van der Waals surface area contributed by atoms with E-state index in [-0.39, 0.29) is 11.5 Å². The van der Waals surface area contributed by atoms with Crippen LogP contribution in [0.3, 0.4) is 0 Å². The minimum Gasteiger partial charge on any atom is -0.487 e. The first-order chi connectivity index (χ1) is 12.9. The van der Waals surface area contributed by atoms with E-state index < -0.39 is 17.7 Å². The molecule has 4 nitrogen and oxygen atoms in total. The average molecular weight is 388 g/mol. The number of carbonyl (C=O) groups excluding carboxylic acids is 1. The van der Waals surface area contributed by atoms with Gasteiger partial charge in [0.15, 0.2) is 0 Å². The third-order valence-electron chi connectivity index (χ3n) is 3.95. The number of benzene rings is 2. The molecule has 1 unspecified atom stereocenters. The van der Waals surface area contributed by atoms with Crippen molar-refractivity contribution in [2.24, 2.45) is 0 Å². The second-order valence-corrected chi connectivity index (χ2v) is 7.09. The van der Waals surface area contributed by atoms with Gasteiger partial charge in [-0.3, -0.25) is 4.79 Å². The monoisotopic (exact) mass is 388 g/mol. The Labute approximate surface area is 159 Å². The Morgan fingerprint density at radius 3 is 2.59 bits per heavy atom. The zero-order chi connectivity index (χ0) is 19.4. The molecule has 1 atom stereocenters. The molecule has 140 valence electrons. The van der Waals surface area contributed by atoms with Gasteiger partial charge in [-0.15, -0.1) is 11.3 Å². The third kappa shape index (κ3) is 4.89. The second-order valence-electron chi connectivity index (χ2n) is 6.03. The first-order valence-corrected chi connectivity index (χ1v) is 9.20. The normalized spacial score (nSPS) is 11.9. The first-order valence-electron chi connectivity index (χ1n) is 8.32. The van der Waals surface area contributed by atoms with E-state index in [9.17, 15) is 13.6 Å². The summed E-state index contributed by atoms with van der Waals surface area (Å²) in [5.41, 5.74) is 1.50. The molecule has 0 aliphatic carbocycles. The lowest BCUT2D eigenvalue weighted by Gasteiger charge is -2.15. The van der Waals surface area contributed by atoms with Crippen molar-refractivity contribution < 1.29 is 18.3 Å². The summed E-state index contributed by atoms with van der Waals surface area (Å²) in [7, 11) is 0. The molecule has 0 aliphatic rings. The summed E-state index contributed by atoms with van der Waals surface area (Å²) < 4.78 is 32.5. The highest BCUT2D eigenvalue weighted by Gasteiger charge is 2.15. The van der Waals surface area contributed by atoms with Crippen molar-refractivity contribution in [1.82, 2.24) is 10.3 Å². The van der Waals surface area contributed by atoms with E-state index in [1.165, 1.54) is 6.07 Å². The molecule has 0 fully saturated rings. The topological polar surface area (TPSA) is 51.2 Å². The van der Waals surface area contributed by atoms with Crippen LogP contribution in [0, 0.1) is 18.6 Å². The number of rotatable bonds is 6. The van der Waals surface area contributed by atoms with E-state index in [0.29, 0.717) is 17.9 Å². The lowest BCUT2D eigenvalue weighted by molar-refractivity contribution is 0.0939. The van der Waals surface area contributed by atoms with Gasteiger partial charge in [0.25, 0.3) is 5.91 Å². The Kier molecular flexibility index (Phi) is 5.81. The fraction of sp³-hybridized carbons (Fsp3) is 0.200. The van der Waals surface area contributed by atoms with Crippen LogP contribution in [0.4, 0.5) is 8.78 Å². The number of ether oxygens (including phenoxy) is 1. The van der Waals surface area contributed by atoms with Crippen molar-refractivity contribution in [2.45, 2.75) is 26.5 Å². The molecule has 0 bridgehead atoms. The predicted molar refractivity (Wildman–Crippen MR) is 99.9 cm³/mol. The molecule has 7 heteroatoms. The number of halogens is 2. The molecule has 3 aromatic rings. The minimum absolute atomic E-state index is 0.225. The molecular formula is C20H18F2N2O2S. The molecule has 3 rings (SSSR count). The van der Waals surface area contributed by atoms with Crippen LogP contribution in [0.5, 0.6) is 5.75 Å². The Morgan fingerprint density at radius 2 is 1.96 bits per heavy atom. The van der Waals surface area contributed by atoms with Crippen LogP contribution in [-0.4, -0.2) is 10.9 Å². The van der Waals surface area contributed by atoms with Gasteiger partial charge in [0, 0.05) is 22.6 Å². The Bertz CT molecular complexity index is 941. The number of nitrogens with one attached hydrogen (secondary N) is 1.